The van der Waals surface area contributed by atoms with Gasteiger partial charge in [-0.3, -0.25) is 9.59 Å². The van der Waals surface area contributed by atoms with Crippen molar-refractivity contribution in [2.75, 3.05) is 6.61 Å². The average molecular weight is 488 g/mol. The summed E-state index contributed by atoms with van der Waals surface area (Å²) in [7, 11) is -2.42. The van der Waals surface area contributed by atoms with E-state index in [0.29, 0.717) is 11.3 Å². The van der Waals surface area contributed by atoms with Crippen LogP contribution in [0.5, 0.6) is 0 Å². The molecule has 3 aliphatic rings. The van der Waals surface area contributed by atoms with Crippen LogP contribution in [0.1, 0.15) is 43.5 Å². The molecule has 0 unspecified atom stereocenters. The normalized spacial score (nSPS) is 27.0. The summed E-state index contributed by atoms with van der Waals surface area (Å²) in [6.07, 6.45) is 9.11. The summed E-state index contributed by atoms with van der Waals surface area (Å²) in [4.78, 5) is 30.8. The number of nitrogens with one attached hydrogen (secondary N) is 1. The molecule has 1 aliphatic carbocycles. The van der Waals surface area contributed by atoms with Crippen LogP contribution in [0.2, 0.25) is 0 Å². The van der Waals surface area contributed by atoms with Gasteiger partial charge in [0.05, 0.1) is 18.3 Å². The van der Waals surface area contributed by atoms with Crippen molar-refractivity contribution in [3.63, 3.8) is 0 Å². The van der Waals surface area contributed by atoms with Crippen LogP contribution in [0.15, 0.2) is 40.6 Å². The number of hydrogen-bond donors (Lipinski definition) is 2. The second kappa shape index (κ2) is 8.47. The van der Waals surface area contributed by atoms with E-state index in [-0.39, 0.29) is 35.7 Å². The molecule has 182 valence electrons. The van der Waals surface area contributed by atoms with Gasteiger partial charge in [-0.1, -0.05) is 12.2 Å². The van der Waals surface area contributed by atoms with Crippen LogP contribution in [-0.2, 0) is 28.4 Å². The van der Waals surface area contributed by atoms with Crippen LogP contribution in [0.25, 0.3) is 6.08 Å². The first-order chi connectivity index (χ1) is 16.3. The summed E-state index contributed by atoms with van der Waals surface area (Å²) < 4.78 is 32.0. The van der Waals surface area contributed by atoms with Crippen LogP contribution in [-0.4, -0.2) is 56.5 Å². The second-order valence-corrected chi connectivity index (χ2v) is 11.2. The Bertz CT molecular complexity index is 1310. The smallest absolute Gasteiger partial charge is 0.263 e. The van der Waals surface area contributed by atoms with Crippen molar-refractivity contribution >= 4 is 22.0 Å². The van der Waals surface area contributed by atoms with Gasteiger partial charge in [-0.05, 0) is 38.3 Å². The molecule has 1 amide bonds. The van der Waals surface area contributed by atoms with Gasteiger partial charge in [0, 0.05) is 55.7 Å². The van der Waals surface area contributed by atoms with E-state index in [0.717, 1.165) is 19.3 Å². The number of aliphatic hydroxyl groups is 1. The molecule has 2 fully saturated rings. The minimum absolute atomic E-state index is 0.0561. The Hall–Kier alpha value is -2.76. The van der Waals surface area contributed by atoms with Crippen molar-refractivity contribution in [3.05, 3.63) is 52.3 Å². The Morgan fingerprint density at radius 1 is 1.32 bits per heavy atom. The van der Waals surface area contributed by atoms with Crippen LogP contribution >= 0.6 is 0 Å². The first-order valence-corrected chi connectivity index (χ1v) is 13.0. The van der Waals surface area contributed by atoms with Gasteiger partial charge in [-0.15, -0.1) is 0 Å². The van der Waals surface area contributed by atoms with Crippen molar-refractivity contribution < 1.29 is 18.3 Å². The number of amides is 1. The molecule has 1 saturated carbocycles. The topological polar surface area (TPSA) is 127 Å². The fraction of sp³-hybridized carbons (Fsp3) is 0.522. The lowest BCUT2D eigenvalue weighted by Gasteiger charge is -2.37. The largest absolute Gasteiger partial charge is 0.396 e. The van der Waals surface area contributed by atoms with Gasteiger partial charge < -0.3 is 19.6 Å². The Labute approximate surface area is 198 Å². The van der Waals surface area contributed by atoms with Crippen molar-refractivity contribution in [2.24, 2.45) is 18.9 Å². The first-order valence-electron chi connectivity index (χ1n) is 11.6. The zero-order valence-electron chi connectivity index (χ0n) is 19.2. The first kappa shape index (κ1) is 23.0. The van der Waals surface area contributed by atoms with Gasteiger partial charge in [-0.2, -0.15) is 4.31 Å². The number of carbonyl (C=O) groups is 1. The van der Waals surface area contributed by atoms with Gasteiger partial charge in [0.15, 0.2) is 5.03 Å². The Morgan fingerprint density at radius 2 is 2.09 bits per heavy atom. The summed E-state index contributed by atoms with van der Waals surface area (Å²) in [5.74, 6) is -1.77. The van der Waals surface area contributed by atoms with Gasteiger partial charge in [0.1, 0.15) is 0 Å². The van der Waals surface area contributed by atoms with Gasteiger partial charge in [0.2, 0.25) is 5.91 Å². The fourth-order valence-electron chi connectivity index (χ4n) is 5.49. The van der Waals surface area contributed by atoms with E-state index in [1.807, 2.05) is 6.92 Å². The molecule has 0 spiro atoms. The lowest BCUT2D eigenvalue weighted by molar-refractivity contribution is -0.128. The Kier molecular flexibility index (Phi) is 5.73. The highest BCUT2D eigenvalue weighted by atomic mass is 32.2. The maximum absolute atomic E-state index is 13.8. The molecular weight excluding hydrogens is 458 g/mol. The number of hydrogen-bond acceptors (Lipinski definition) is 6. The third kappa shape index (κ3) is 3.45. The quantitative estimate of drug-likeness (QED) is 0.616. The predicted molar refractivity (Wildman–Crippen MR) is 124 cm³/mol. The number of imidazole rings is 1. The molecule has 1 saturated heterocycles. The van der Waals surface area contributed by atoms with Crippen LogP contribution in [0, 0.1) is 11.8 Å². The molecule has 2 aromatic heterocycles. The molecule has 4 heterocycles. The van der Waals surface area contributed by atoms with Crippen molar-refractivity contribution in [2.45, 2.75) is 55.9 Å². The van der Waals surface area contributed by atoms with Crippen molar-refractivity contribution in [1.29, 1.82) is 0 Å². The molecule has 10 nitrogen and oxygen atoms in total. The number of carbonyl (C=O) groups excluding carboxylic acids is 1. The molecule has 11 heteroatoms. The zero-order chi connectivity index (χ0) is 24.2. The molecule has 0 radical (unpaired) electrons. The minimum atomic E-state index is -4.10. The molecule has 34 heavy (non-hydrogen) atoms. The predicted octanol–water partition coefficient (Wildman–Crippen LogP) is 0.636. The van der Waals surface area contributed by atoms with Gasteiger partial charge >= 0.3 is 0 Å². The summed E-state index contributed by atoms with van der Waals surface area (Å²) in [5, 5.41) is 13.3. The zero-order valence-corrected chi connectivity index (χ0v) is 20.0. The highest BCUT2D eigenvalue weighted by molar-refractivity contribution is 7.89. The third-order valence-corrected chi connectivity index (χ3v) is 9.13. The van der Waals surface area contributed by atoms with E-state index in [1.165, 1.54) is 16.8 Å². The molecule has 4 atom stereocenters. The van der Waals surface area contributed by atoms with E-state index in [2.05, 4.69) is 10.3 Å². The van der Waals surface area contributed by atoms with Gasteiger partial charge in [-0.25, -0.2) is 13.4 Å². The number of aliphatic hydroxyl groups excluding tert-OH is 1. The molecular formula is C23H29N5O5S. The van der Waals surface area contributed by atoms with Crippen molar-refractivity contribution in [3.8, 4) is 0 Å². The Morgan fingerprint density at radius 3 is 2.68 bits per heavy atom. The van der Waals surface area contributed by atoms with E-state index in [1.54, 1.807) is 40.5 Å². The monoisotopic (exact) mass is 487 g/mol. The number of rotatable bonds is 6. The standard InChI is InChI=1S/C23H29N5O5S/c1-3-5-14-8-9-17-21-20(22(30)25-15-6-4-7-15)16(12-29)18(10-27(17)23(14)31)28(21)34(32,33)19-11-26(2)13-24-19/h3,5,8-9,11,13,15-16,18,20-21,29H,4,6-7,10,12H2,1-2H3,(H,25,30)/b5-3+/t16-,18-,20+,21+/m0/s1. The number of sulfonamides is 1. The molecule has 0 aromatic carbocycles. The number of aromatic nitrogens is 3. The second-order valence-electron chi connectivity index (χ2n) is 9.36. The highest BCUT2D eigenvalue weighted by Crippen LogP contribution is 2.50. The lowest BCUT2D eigenvalue weighted by Crippen LogP contribution is -2.49. The van der Waals surface area contributed by atoms with E-state index >= 15 is 0 Å². The minimum Gasteiger partial charge on any atom is -0.396 e. The van der Waals surface area contributed by atoms with Crippen LogP contribution in [0.4, 0.5) is 0 Å². The number of fused-ring (bicyclic) bond motifs is 4. The fourth-order valence-corrected chi connectivity index (χ4v) is 7.30. The van der Waals surface area contributed by atoms with E-state index in [4.69, 9.17) is 0 Å². The molecule has 2 N–H and O–H groups in total. The third-order valence-electron chi connectivity index (χ3n) is 7.34. The van der Waals surface area contributed by atoms with Crippen LogP contribution < -0.4 is 10.9 Å². The van der Waals surface area contributed by atoms with E-state index < -0.39 is 33.9 Å². The molecule has 5 rings (SSSR count). The summed E-state index contributed by atoms with van der Waals surface area (Å²) >= 11 is 0. The summed E-state index contributed by atoms with van der Waals surface area (Å²) in [5.41, 5.74) is 0.707. The van der Waals surface area contributed by atoms with Gasteiger partial charge in [0.25, 0.3) is 15.6 Å². The summed E-state index contributed by atoms with van der Waals surface area (Å²) in [6, 6.07) is 1.77. The molecule has 2 aromatic rings. The SMILES string of the molecule is C/C=C/c1ccc2n(c1=O)C[C@H]1[C@H](CO)[C@@H](C(=O)NC3CCC3)[C@@H]2N1S(=O)(=O)c1cn(C)cn1. The average Bonchev–Trinajstić information content (AvgIpc) is 3.32. The van der Waals surface area contributed by atoms with E-state index in [9.17, 15) is 23.1 Å². The number of nitrogens with zero attached hydrogens (tertiary/aromatic N) is 4. The summed E-state index contributed by atoms with van der Waals surface area (Å²) in [6.45, 7) is 1.50. The number of allylic oxidation sites excluding steroid dienone is 1. The maximum atomic E-state index is 13.8. The van der Waals surface area contributed by atoms with Crippen molar-refractivity contribution in [1.82, 2.24) is 23.7 Å². The Balaban J connectivity index is 1.67. The number of aryl methyl sites for hydroxylation is 1. The number of pyridine rings is 1. The van der Waals surface area contributed by atoms with Crippen LogP contribution in [0.3, 0.4) is 0 Å². The molecule has 2 aliphatic heterocycles. The maximum Gasteiger partial charge on any atom is 0.263 e. The molecule has 2 bridgehead atoms. The highest BCUT2D eigenvalue weighted by Gasteiger charge is 2.60. The lowest BCUT2D eigenvalue weighted by atomic mass is 9.85.